The summed E-state index contributed by atoms with van der Waals surface area (Å²) in [7, 11) is -3.88. The van der Waals surface area contributed by atoms with E-state index in [0.29, 0.717) is 4.31 Å². The number of hydrogen-bond donors (Lipinski definition) is 0. The molecule has 0 radical (unpaired) electrons. The van der Waals surface area contributed by atoms with Crippen LogP contribution < -0.4 is 29.6 Å². The van der Waals surface area contributed by atoms with Crippen LogP contribution in [0.5, 0.6) is 0 Å². The van der Waals surface area contributed by atoms with Gasteiger partial charge in [0.1, 0.15) is 4.90 Å². The largest absolute Gasteiger partial charge is 1.00 e. The van der Waals surface area contributed by atoms with Crippen LogP contribution in [0.15, 0.2) is 29.2 Å². The van der Waals surface area contributed by atoms with Crippen LogP contribution in [-0.2, 0) is 21.1 Å². The van der Waals surface area contributed by atoms with E-state index >= 15 is 0 Å². The second-order valence-corrected chi connectivity index (χ2v) is 6.23. The van der Waals surface area contributed by atoms with Gasteiger partial charge in [-0.05, 0) is 12.1 Å². The molecule has 0 N–H and O–H groups in total. The third kappa shape index (κ3) is 2.68. The van der Waals surface area contributed by atoms with Crippen molar-refractivity contribution in [3.8, 4) is 0 Å². The second kappa shape index (κ2) is 5.81. The van der Waals surface area contributed by atoms with E-state index in [1.54, 1.807) is 6.07 Å². The standard InChI is InChI=1S/C9H9NO5S2.Na/c11-9-7-3-1-2-4-8(7)17(14,15)10(9)5-6-16(12)13;/h1-4H,5-6H2,(H,12,13);/q;+1/p-1. The van der Waals surface area contributed by atoms with Crippen molar-refractivity contribution >= 4 is 27.0 Å². The fourth-order valence-electron chi connectivity index (χ4n) is 1.61. The van der Waals surface area contributed by atoms with Gasteiger partial charge in [0.25, 0.3) is 15.9 Å². The molecule has 92 valence electrons. The molecule has 0 aliphatic carbocycles. The maximum absolute atomic E-state index is 11.9. The number of nitrogens with zero attached hydrogens (tertiary/aromatic N) is 1. The molecular weight excluding hydrogens is 289 g/mol. The topological polar surface area (TPSA) is 94.6 Å². The normalized spacial score (nSPS) is 18.1. The predicted octanol–water partition coefficient (Wildman–Crippen LogP) is -3.29. The third-order valence-corrected chi connectivity index (χ3v) is 4.73. The van der Waals surface area contributed by atoms with Gasteiger partial charge in [-0.2, -0.15) is 0 Å². The molecule has 0 spiro atoms. The Hall–Kier alpha value is -0.250. The minimum absolute atomic E-state index is 0. The van der Waals surface area contributed by atoms with Crippen molar-refractivity contribution in [2.75, 3.05) is 12.3 Å². The Bertz CT molecular complexity index is 601. The number of carbonyl (C=O) groups excluding carboxylic acids is 1. The van der Waals surface area contributed by atoms with Crippen molar-refractivity contribution in [2.45, 2.75) is 4.90 Å². The van der Waals surface area contributed by atoms with Gasteiger partial charge < -0.3 is 4.55 Å². The van der Waals surface area contributed by atoms with Gasteiger partial charge in [-0.3, -0.25) is 9.00 Å². The molecule has 1 heterocycles. The maximum atomic E-state index is 11.9. The minimum Gasteiger partial charge on any atom is -0.772 e. The molecule has 0 saturated carbocycles. The van der Waals surface area contributed by atoms with Gasteiger partial charge in [0, 0.05) is 12.3 Å². The van der Waals surface area contributed by atoms with Gasteiger partial charge in [0.15, 0.2) is 0 Å². The van der Waals surface area contributed by atoms with Crippen molar-refractivity contribution in [1.29, 1.82) is 0 Å². The van der Waals surface area contributed by atoms with E-state index < -0.39 is 32.8 Å². The molecule has 1 amide bonds. The average molecular weight is 297 g/mol. The quantitative estimate of drug-likeness (QED) is 0.430. The molecule has 9 heteroatoms. The van der Waals surface area contributed by atoms with E-state index in [4.69, 9.17) is 0 Å². The Labute approximate surface area is 129 Å². The summed E-state index contributed by atoms with van der Waals surface area (Å²) in [5.41, 5.74) is 0.0872. The van der Waals surface area contributed by atoms with Crippen LogP contribution in [0, 0.1) is 0 Å². The van der Waals surface area contributed by atoms with E-state index in [2.05, 4.69) is 0 Å². The Balaban J connectivity index is 0.00000162. The van der Waals surface area contributed by atoms with Crippen LogP contribution >= 0.6 is 0 Å². The fraction of sp³-hybridized carbons (Fsp3) is 0.222. The summed E-state index contributed by atoms with van der Waals surface area (Å²) >= 11 is -2.38. The number of benzene rings is 1. The number of amides is 1. The Morgan fingerprint density at radius 1 is 1.28 bits per heavy atom. The van der Waals surface area contributed by atoms with Crippen molar-refractivity contribution in [2.24, 2.45) is 0 Å². The molecule has 1 aliphatic rings. The molecule has 1 aliphatic heterocycles. The molecular formula is C9H8NNaO5S2. The number of hydrogen-bond acceptors (Lipinski definition) is 5. The summed E-state index contributed by atoms with van der Waals surface area (Å²) in [6.45, 7) is -0.355. The van der Waals surface area contributed by atoms with Crippen LogP contribution in [-0.4, -0.2) is 39.7 Å². The van der Waals surface area contributed by atoms with Crippen molar-refractivity contribution < 1.29 is 51.5 Å². The van der Waals surface area contributed by atoms with Gasteiger partial charge in [-0.1, -0.05) is 23.2 Å². The molecule has 18 heavy (non-hydrogen) atoms. The zero-order valence-electron chi connectivity index (χ0n) is 9.53. The third-order valence-electron chi connectivity index (χ3n) is 2.37. The van der Waals surface area contributed by atoms with Crippen molar-refractivity contribution in [3.05, 3.63) is 29.8 Å². The van der Waals surface area contributed by atoms with E-state index in [-0.39, 0.29) is 46.6 Å². The fourth-order valence-corrected chi connectivity index (χ4v) is 3.63. The molecule has 0 saturated heterocycles. The summed E-state index contributed by atoms with van der Waals surface area (Å²) in [6.07, 6.45) is 0. The van der Waals surface area contributed by atoms with Crippen LogP contribution in [0.1, 0.15) is 10.4 Å². The zero-order valence-corrected chi connectivity index (χ0v) is 13.2. The monoisotopic (exact) mass is 297 g/mol. The van der Waals surface area contributed by atoms with Crippen LogP contribution in [0.3, 0.4) is 0 Å². The van der Waals surface area contributed by atoms with E-state index in [1.165, 1.54) is 18.2 Å². The SMILES string of the molecule is O=C1c2ccccc2S(=O)(=O)N1CCS(=O)[O-].[Na+]. The Kier molecular flexibility index (Phi) is 5.10. The van der Waals surface area contributed by atoms with Crippen molar-refractivity contribution in [1.82, 2.24) is 4.31 Å². The number of rotatable bonds is 3. The summed E-state index contributed by atoms with van der Waals surface area (Å²) in [4.78, 5) is 11.7. The summed E-state index contributed by atoms with van der Waals surface area (Å²) in [5.74, 6) is -1.08. The molecule has 1 aromatic carbocycles. The van der Waals surface area contributed by atoms with Crippen LogP contribution in [0.4, 0.5) is 0 Å². The number of carbonyl (C=O) groups is 1. The molecule has 2 rings (SSSR count). The first-order chi connectivity index (χ1) is 7.94. The van der Waals surface area contributed by atoms with Gasteiger partial charge in [-0.15, -0.1) is 0 Å². The van der Waals surface area contributed by atoms with E-state index in [0.717, 1.165) is 0 Å². The molecule has 1 aromatic rings. The maximum Gasteiger partial charge on any atom is 1.00 e. The predicted molar refractivity (Wildman–Crippen MR) is 58.5 cm³/mol. The van der Waals surface area contributed by atoms with E-state index in [9.17, 15) is 22.0 Å². The molecule has 6 nitrogen and oxygen atoms in total. The first kappa shape index (κ1) is 15.8. The Morgan fingerprint density at radius 3 is 2.44 bits per heavy atom. The van der Waals surface area contributed by atoms with Crippen LogP contribution in [0.2, 0.25) is 0 Å². The van der Waals surface area contributed by atoms with Gasteiger partial charge in [0.05, 0.1) is 5.56 Å². The van der Waals surface area contributed by atoms with Crippen LogP contribution in [0.25, 0.3) is 0 Å². The van der Waals surface area contributed by atoms with Gasteiger partial charge >= 0.3 is 29.6 Å². The minimum atomic E-state index is -3.88. The average Bonchev–Trinajstić information content (AvgIpc) is 2.46. The Morgan fingerprint density at radius 2 is 1.89 bits per heavy atom. The summed E-state index contributed by atoms with van der Waals surface area (Å²) in [5, 5.41) is 0. The zero-order chi connectivity index (χ0) is 12.6. The number of sulfonamides is 1. The smallest absolute Gasteiger partial charge is 0.772 e. The van der Waals surface area contributed by atoms with E-state index in [1.807, 2.05) is 0 Å². The summed E-state index contributed by atoms with van der Waals surface area (Å²) in [6, 6.07) is 5.81. The first-order valence-electron chi connectivity index (χ1n) is 4.66. The first-order valence-corrected chi connectivity index (χ1v) is 7.35. The molecule has 0 fully saturated rings. The summed E-state index contributed by atoms with van der Waals surface area (Å²) < 4.78 is 45.2. The van der Waals surface area contributed by atoms with Gasteiger partial charge in [-0.25, -0.2) is 12.7 Å². The molecule has 1 atom stereocenters. The second-order valence-electron chi connectivity index (χ2n) is 3.39. The van der Waals surface area contributed by atoms with Crippen molar-refractivity contribution in [3.63, 3.8) is 0 Å². The molecule has 1 unspecified atom stereocenters. The molecule has 0 aromatic heterocycles. The van der Waals surface area contributed by atoms with Gasteiger partial charge in [0.2, 0.25) is 0 Å². The number of fused-ring (bicyclic) bond motifs is 1. The molecule has 0 bridgehead atoms.